The fourth-order valence-electron chi connectivity index (χ4n) is 5.20. The Morgan fingerprint density at radius 2 is 1.63 bits per heavy atom. The maximum Gasteiger partial charge on any atom is 0.126 e. The molecule has 2 atom stereocenters. The molecule has 166 valence electrons. The molecule has 3 rings (SSSR count). The third-order valence-corrected chi connectivity index (χ3v) is 7.39. The second kappa shape index (κ2) is 12.5. The zero-order valence-corrected chi connectivity index (χ0v) is 19.4. The van der Waals surface area contributed by atoms with Crippen molar-refractivity contribution in [1.82, 2.24) is 0 Å². The van der Waals surface area contributed by atoms with Crippen LogP contribution in [0.2, 0.25) is 0 Å². The minimum atomic E-state index is 0.0291. The lowest BCUT2D eigenvalue weighted by Gasteiger charge is -2.28. The summed E-state index contributed by atoms with van der Waals surface area (Å²) >= 11 is 0. The highest BCUT2D eigenvalue weighted by Gasteiger charge is 2.22. The molecule has 0 radical (unpaired) electrons. The zero-order chi connectivity index (χ0) is 21.2. The van der Waals surface area contributed by atoms with Gasteiger partial charge in [-0.05, 0) is 92.2 Å². The number of hydrogen-bond acceptors (Lipinski definition) is 0. The number of aryl methyl sites for hydroxylation is 1. The minimum absolute atomic E-state index is 0.0291. The standard InChI is InChI=1S/C29H43F/c1-3-4-5-6-7-8-9-27-20-21-28(22-29(27)30)26-18-16-25(17-19-26)15-14-24-12-10-23(2)11-13-24/h10,12,14-15,20-26H,3-9,11,13,16-19H2,1-2H3/b15-14+. The Kier molecular flexibility index (Phi) is 9.69. The van der Waals surface area contributed by atoms with Crippen LogP contribution in [0.3, 0.4) is 0 Å². The Morgan fingerprint density at radius 3 is 2.33 bits per heavy atom. The topological polar surface area (TPSA) is 0 Å². The Labute approximate surface area is 185 Å². The Hall–Kier alpha value is -1.37. The van der Waals surface area contributed by atoms with E-state index in [4.69, 9.17) is 0 Å². The van der Waals surface area contributed by atoms with Crippen molar-refractivity contribution < 1.29 is 4.39 Å². The average Bonchev–Trinajstić information content (AvgIpc) is 2.77. The molecular weight excluding hydrogens is 367 g/mol. The van der Waals surface area contributed by atoms with Gasteiger partial charge in [0.15, 0.2) is 0 Å². The Morgan fingerprint density at radius 1 is 0.867 bits per heavy atom. The summed E-state index contributed by atoms with van der Waals surface area (Å²) in [5, 5.41) is 0. The zero-order valence-electron chi connectivity index (χ0n) is 19.4. The molecule has 0 nitrogen and oxygen atoms in total. The van der Waals surface area contributed by atoms with E-state index in [-0.39, 0.29) is 5.82 Å². The van der Waals surface area contributed by atoms with E-state index in [0.717, 1.165) is 24.3 Å². The molecule has 1 saturated carbocycles. The Bertz CT molecular complexity index is 678. The van der Waals surface area contributed by atoms with Gasteiger partial charge in [-0.2, -0.15) is 0 Å². The van der Waals surface area contributed by atoms with Crippen molar-refractivity contribution in [2.45, 2.75) is 103 Å². The first-order valence-electron chi connectivity index (χ1n) is 12.8. The van der Waals surface area contributed by atoms with E-state index >= 15 is 0 Å². The van der Waals surface area contributed by atoms with Crippen LogP contribution in [0.15, 0.2) is 42.5 Å². The van der Waals surface area contributed by atoms with Gasteiger partial charge in [0.25, 0.3) is 0 Å². The van der Waals surface area contributed by atoms with Gasteiger partial charge in [-0.3, -0.25) is 0 Å². The largest absolute Gasteiger partial charge is 0.207 e. The lowest BCUT2D eigenvalue weighted by molar-refractivity contribution is 0.373. The van der Waals surface area contributed by atoms with Gasteiger partial charge < -0.3 is 0 Å². The molecule has 2 unspecified atom stereocenters. The summed E-state index contributed by atoms with van der Waals surface area (Å²) in [7, 11) is 0. The minimum Gasteiger partial charge on any atom is -0.207 e. The van der Waals surface area contributed by atoms with Crippen molar-refractivity contribution in [2.24, 2.45) is 17.8 Å². The molecule has 1 aromatic carbocycles. The lowest BCUT2D eigenvalue weighted by atomic mass is 9.78. The van der Waals surface area contributed by atoms with Crippen LogP contribution in [0.1, 0.15) is 108 Å². The third kappa shape index (κ3) is 7.40. The maximum atomic E-state index is 14.6. The molecule has 1 aromatic rings. The highest BCUT2D eigenvalue weighted by atomic mass is 19.1. The third-order valence-electron chi connectivity index (χ3n) is 7.39. The normalized spacial score (nSPS) is 27.0. The SMILES string of the molecule is CCCCCCCCc1ccc(C2CCC(/C=C/C3C=CC(C)CC3)CC2)cc1F. The van der Waals surface area contributed by atoms with E-state index in [2.05, 4.69) is 50.3 Å². The molecule has 1 heteroatoms. The molecular formula is C29H43F. The molecule has 2 aliphatic carbocycles. The van der Waals surface area contributed by atoms with E-state index in [0.29, 0.717) is 17.8 Å². The van der Waals surface area contributed by atoms with Crippen molar-refractivity contribution >= 4 is 0 Å². The molecule has 1 fully saturated rings. The summed E-state index contributed by atoms with van der Waals surface area (Å²) in [6.07, 6.45) is 25.7. The second-order valence-electron chi connectivity index (χ2n) is 9.97. The smallest absolute Gasteiger partial charge is 0.126 e. The highest BCUT2D eigenvalue weighted by molar-refractivity contribution is 5.27. The predicted octanol–water partition coefficient (Wildman–Crippen LogP) is 9.16. The van der Waals surface area contributed by atoms with Crippen molar-refractivity contribution in [1.29, 1.82) is 0 Å². The highest BCUT2D eigenvalue weighted by Crippen LogP contribution is 2.37. The number of rotatable bonds is 10. The molecule has 2 aliphatic rings. The van der Waals surface area contributed by atoms with E-state index in [9.17, 15) is 4.39 Å². The van der Waals surface area contributed by atoms with Gasteiger partial charge in [0.05, 0.1) is 0 Å². The number of halogens is 1. The number of allylic oxidation sites excluding steroid dienone is 4. The monoisotopic (exact) mass is 410 g/mol. The van der Waals surface area contributed by atoms with Crippen molar-refractivity contribution in [3.63, 3.8) is 0 Å². The van der Waals surface area contributed by atoms with Crippen molar-refractivity contribution in [2.75, 3.05) is 0 Å². The van der Waals surface area contributed by atoms with Crippen LogP contribution in [0, 0.1) is 23.6 Å². The average molecular weight is 411 g/mol. The van der Waals surface area contributed by atoms with E-state index in [1.54, 1.807) is 0 Å². The first kappa shape index (κ1) is 23.3. The fourth-order valence-corrected chi connectivity index (χ4v) is 5.20. The van der Waals surface area contributed by atoms with Gasteiger partial charge in [-0.1, -0.05) is 82.4 Å². The maximum absolute atomic E-state index is 14.6. The van der Waals surface area contributed by atoms with Gasteiger partial charge in [0.1, 0.15) is 5.82 Å². The van der Waals surface area contributed by atoms with Crippen LogP contribution < -0.4 is 0 Å². The molecule has 0 saturated heterocycles. The molecule has 0 amide bonds. The van der Waals surface area contributed by atoms with Gasteiger partial charge in [-0.25, -0.2) is 4.39 Å². The first-order chi connectivity index (χ1) is 14.7. The Balaban J connectivity index is 1.41. The predicted molar refractivity (Wildman–Crippen MR) is 128 cm³/mol. The van der Waals surface area contributed by atoms with E-state index in [1.807, 2.05) is 6.07 Å². The van der Waals surface area contributed by atoms with E-state index in [1.165, 1.54) is 76.2 Å². The second-order valence-corrected chi connectivity index (χ2v) is 9.97. The number of benzene rings is 1. The molecule has 0 spiro atoms. The van der Waals surface area contributed by atoms with Gasteiger partial charge in [0.2, 0.25) is 0 Å². The van der Waals surface area contributed by atoms with Crippen LogP contribution >= 0.6 is 0 Å². The molecule has 30 heavy (non-hydrogen) atoms. The molecule has 0 heterocycles. The van der Waals surface area contributed by atoms with Gasteiger partial charge in [-0.15, -0.1) is 0 Å². The summed E-state index contributed by atoms with van der Waals surface area (Å²) in [6.45, 7) is 4.55. The first-order valence-corrected chi connectivity index (χ1v) is 12.8. The van der Waals surface area contributed by atoms with E-state index < -0.39 is 0 Å². The summed E-state index contributed by atoms with van der Waals surface area (Å²) in [5.41, 5.74) is 2.14. The molecule has 0 aromatic heterocycles. The van der Waals surface area contributed by atoms with Crippen LogP contribution in [-0.2, 0) is 6.42 Å². The van der Waals surface area contributed by atoms with Crippen molar-refractivity contribution in [3.05, 3.63) is 59.4 Å². The summed E-state index contributed by atoms with van der Waals surface area (Å²) in [4.78, 5) is 0. The van der Waals surface area contributed by atoms with Gasteiger partial charge >= 0.3 is 0 Å². The number of unbranched alkanes of at least 4 members (excludes halogenated alkanes) is 5. The van der Waals surface area contributed by atoms with Crippen LogP contribution in [0.4, 0.5) is 4.39 Å². The summed E-state index contributed by atoms with van der Waals surface area (Å²) < 4.78 is 14.6. The van der Waals surface area contributed by atoms with Crippen LogP contribution in [0.25, 0.3) is 0 Å². The van der Waals surface area contributed by atoms with Crippen LogP contribution in [-0.4, -0.2) is 0 Å². The summed E-state index contributed by atoms with van der Waals surface area (Å²) in [6, 6.07) is 6.13. The molecule has 0 aliphatic heterocycles. The van der Waals surface area contributed by atoms with Gasteiger partial charge in [0, 0.05) is 0 Å². The number of hydrogen-bond donors (Lipinski definition) is 0. The fraction of sp³-hybridized carbons (Fsp3) is 0.655. The van der Waals surface area contributed by atoms with Crippen molar-refractivity contribution in [3.8, 4) is 0 Å². The van der Waals surface area contributed by atoms with Crippen LogP contribution in [0.5, 0.6) is 0 Å². The summed E-state index contributed by atoms with van der Waals surface area (Å²) in [5.74, 6) is 2.68. The molecule has 0 bridgehead atoms. The quantitative estimate of drug-likeness (QED) is 0.266. The molecule has 0 N–H and O–H groups in total. The lowest BCUT2D eigenvalue weighted by Crippen LogP contribution is -2.13.